The average molecular weight is 254 g/mol. The summed E-state index contributed by atoms with van der Waals surface area (Å²) in [6, 6.07) is 0.640. The molecule has 1 saturated heterocycles. The standard InChI is InChI=1S/C15H30N2O/c1-4-9-16-14(12-17(2)3)13-6-10-18-15(11-13)7-5-8-15/h13-14,16H,4-12H2,1-3H3. The van der Waals surface area contributed by atoms with E-state index in [0.717, 1.165) is 25.6 Å². The predicted molar refractivity (Wildman–Crippen MR) is 75.9 cm³/mol. The molecule has 1 heterocycles. The first-order valence-electron chi connectivity index (χ1n) is 7.67. The van der Waals surface area contributed by atoms with Crippen LogP contribution in [0, 0.1) is 5.92 Å². The molecule has 2 unspecified atom stereocenters. The highest BCUT2D eigenvalue weighted by molar-refractivity contribution is 4.97. The zero-order valence-corrected chi connectivity index (χ0v) is 12.4. The molecule has 1 aliphatic carbocycles. The van der Waals surface area contributed by atoms with Gasteiger partial charge in [0.1, 0.15) is 0 Å². The first kappa shape index (κ1) is 14.3. The Labute approximate surface area is 112 Å². The maximum Gasteiger partial charge on any atom is 0.0685 e. The first-order chi connectivity index (χ1) is 8.65. The Bertz CT molecular complexity index is 251. The quantitative estimate of drug-likeness (QED) is 0.787. The van der Waals surface area contributed by atoms with Crippen LogP contribution in [-0.2, 0) is 4.74 Å². The van der Waals surface area contributed by atoms with E-state index in [1.807, 2.05) is 0 Å². The van der Waals surface area contributed by atoms with Crippen LogP contribution < -0.4 is 5.32 Å². The molecule has 106 valence electrons. The fourth-order valence-corrected chi connectivity index (χ4v) is 3.43. The minimum atomic E-state index is 0.279. The Balaban J connectivity index is 1.91. The largest absolute Gasteiger partial charge is 0.375 e. The van der Waals surface area contributed by atoms with Crippen molar-refractivity contribution in [3.8, 4) is 0 Å². The summed E-state index contributed by atoms with van der Waals surface area (Å²) in [6.07, 6.45) is 7.70. The predicted octanol–water partition coefficient (Wildman–Crippen LogP) is 2.27. The molecular weight excluding hydrogens is 224 g/mol. The maximum absolute atomic E-state index is 6.05. The molecule has 18 heavy (non-hydrogen) atoms. The van der Waals surface area contributed by atoms with Gasteiger partial charge >= 0.3 is 0 Å². The second-order valence-corrected chi connectivity index (χ2v) is 6.46. The molecule has 2 atom stereocenters. The Hall–Kier alpha value is -0.120. The number of likely N-dealkylation sites (N-methyl/N-ethyl adjacent to an activating group) is 1. The summed E-state index contributed by atoms with van der Waals surface area (Å²) in [4.78, 5) is 2.32. The van der Waals surface area contributed by atoms with Crippen LogP contribution in [0.2, 0.25) is 0 Å². The van der Waals surface area contributed by atoms with E-state index in [0.29, 0.717) is 6.04 Å². The Morgan fingerprint density at radius 2 is 2.17 bits per heavy atom. The van der Waals surface area contributed by atoms with E-state index in [2.05, 4.69) is 31.2 Å². The summed E-state index contributed by atoms with van der Waals surface area (Å²) in [5.41, 5.74) is 0.279. The highest BCUT2D eigenvalue weighted by Gasteiger charge is 2.44. The Kier molecular flexibility index (Phi) is 5.05. The molecule has 1 N–H and O–H groups in total. The lowest BCUT2D eigenvalue weighted by molar-refractivity contribution is -0.147. The van der Waals surface area contributed by atoms with Crippen molar-refractivity contribution in [3.63, 3.8) is 0 Å². The SMILES string of the molecule is CCCNC(CN(C)C)C1CCOC2(CCC2)C1. The van der Waals surface area contributed by atoms with E-state index in [1.165, 1.54) is 38.5 Å². The van der Waals surface area contributed by atoms with Crippen LogP contribution in [0.15, 0.2) is 0 Å². The van der Waals surface area contributed by atoms with Crippen LogP contribution in [0.5, 0.6) is 0 Å². The summed E-state index contributed by atoms with van der Waals surface area (Å²) >= 11 is 0. The third-order valence-corrected chi connectivity index (χ3v) is 4.58. The molecule has 0 aromatic carbocycles. The van der Waals surface area contributed by atoms with Gasteiger partial charge in [0.05, 0.1) is 5.60 Å². The van der Waals surface area contributed by atoms with Crippen molar-refractivity contribution in [3.05, 3.63) is 0 Å². The summed E-state index contributed by atoms with van der Waals surface area (Å²) in [6.45, 7) is 5.52. The van der Waals surface area contributed by atoms with Gasteiger partial charge in [-0.2, -0.15) is 0 Å². The third-order valence-electron chi connectivity index (χ3n) is 4.58. The maximum atomic E-state index is 6.05. The molecule has 0 bridgehead atoms. The van der Waals surface area contributed by atoms with Gasteiger partial charge in [0, 0.05) is 19.2 Å². The van der Waals surface area contributed by atoms with E-state index in [9.17, 15) is 0 Å². The summed E-state index contributed by atoms with van der Waals surface area (Å²) in [7, 11) is 4.36. The average Bonchev–Trinajstić information content (AvgIpc) is 2.32. The van der Waals surface area contributed by atoms with Gasteiger partial charge in [-0.15, -0.1) is 0 Å². The van der Waals surface area contributed by atoms with E-state index < -0.39 is 0 Å². The molecule has 2 fully saturated rings. The lowest BCUT2D eigenvalue weighted by Crippen LogP contribution is -2.52. The minimum absolute atomic E-state index is 0.279. The molecule has 0 aromatic rings. The fourth-order valence-electron chi connectivity index (χ4n) is 3.43. The van der Waals surface area contributed by atoms with Gasteiger partial charge in [0.2, 0.25) is 0 Å². The van der Waals surface area contributed by atoms with Crippen LogP contribution >= 0.6 is 0 Å². The molecule has 1 spiro atoms. The van der Waals surface area contributed by atoms with Gasteiger partial charge in [-0.3, -0.25) is 0 Å². The molecule has 3 nitrogen and oxygen atoms in total. The molecule has 2 rings (SSSR count). The molecule has 3 heteroatoms. The zero-order chi connectivity index (χ0) is 13.0. The second-order valence-electron chi connectivity index (χ2n) is 6.46. The number of nitrogens with zero attached hydrogens (tertiary/aromatic N) is 1. The number of hydrogen-bond donors (Lipinski definition) is 1. The van der Waals surface area contributed by atoms with Gasteiger partial charge < -0.3 is 15.0 Å². The van der Waals surface area contributed by atoms with E-state index >= 15 is 0 Å². The van der Waals surface area contributed by atoms with Crippen molar-refractivity contribution >= 4 is 0 Å². The monoisotopic (exact) mass is 254 g/mol. The smallest absolute Gasteiger partial charge is 0.0685 e. The van der Waals surface area contributed by atoms with Crippen molar-refractivity contribution in [1.82, 2.24) is 10.2 Å². The first-order valence-corrected chi connectivity index (χ1v) is 7.67. The van der Waals surface area contributed by atoms with Crippen molar-refractivity contribution < 1.29 is 4.74 Å². The van der Waals surface area contributed by atoms with Crippen LogP contribution in [0.4, 0.5) is 0 Å². The van der Waals surface area contributed by atoms with Crippen LogP contribution in [0.1, 0.15) is 45.4 Å². The van der Waals surface area contributed by atoms with Gasteiger partial charge in [-0.05, 0) is 65.1 Å². The highest BCUT2D eigenvalue weighted by Crippen LogP contribution is 2.44. The number of rotatable bonds is 6. The normalized spacial score (nSPS) is 28.3. The Morgan fingerprint density at radius 3 is 2.72 bits per heavy atom. The van der Waals surface area contributed by atoms with E-state index in [-0.39, 0.29) is 5.60 Å². The molecule has 2 aliphatic rings. The van der Waals surface area contributed by atoms with Gasteiger partial charge in [-0.25, -0.2) is 0 Å². The van der Waals surface area contributed by atoms with Crippen LogP contribution in [0.25, 0.3) is 0 Å². The second kappa shape index (κ2) is 6.36. The molecule has 0 radical (unpaired) electrons. The summed E-state index contributed by atoms with van der Waals surface area (Å²) < 4.78 is 6.05. The zero-order valence-electron chi connectivity index (χ0n) is 12.4. The van der Waals surface area contributed by atoms with Gasteiger partial charge in [-0.1, -0.05) is 6.92 Å². The summed E-state index contributed by atoms with van der Waals surface area (Å²) in [5, 5.41) is 3.76. The molecule has 1 saturated carbocycles. The number of ether oxygens (including phenoxy) is 1. The highest BCUT2D eigenvalue weighted by atomic mass is 16.5. The lowest BCUT2D eigenvalue weighted by Gasteiger charge is -2.49. The number of hydrogen-bond acceptors (Lipinski definition) is 3. The van der Waals surface area contributed by atoms with Crippen molar-refractivity contribution in [2.24, 2.45) is 5.92 Å². The van der Waals surface area contributed by atoms with Crippen LogP contribution in [-0.4, -0.2) is 50.3 Å². The number of nitrogens with one attached hydrogen (secondary N) is 1. The molecule has 1 aliphatic heterocycles. The van der Waals surface area contributed by atoms with Gasteiger partial charge in [0.25, 0.3) is 0 Å². The van der Waals surface area contributed by atoms with Crippen molar-refractivity contribution in [2.45, 2.75) is 57.1 Å². The minimum Gasteiger partial charge on any atom is -0.375 e. The third kappa shape index (κ3) is 3.46. The molecule has 0 amide bonds. The summed E-state index contributed by atoms with van der Waals surface area (Å²) in [5.74, 6) is 0.799. The topological polar surface area (TPSA) is 24.5 Å². The van der Waals surface area contributed by atoms with E-state index in [4.69, 9.17) is 4.74 Å². The molecular formula is C15H30N2O. The van der Waals surface area contributed by atoms with Crippen molar-refractivity contribution in [1.29, 1.82) is 0 Å². The fraction of sp³-hybridized carbons (Fsp3) is 1.00. The lowest BCUT2D eigenvalue weighted by atomic mass is 9.70. The van der Waals surface area contributed by atoms with E-state index in [1.54, 1.807) is 0 Å². The van der Waals surface area contributed by atoms with Crippen LogP contribution in [0.3, 0.4) is 0 Å². The van der Waals surface area contributed by atoms with Gasteiger partial charge in [0.15, 0.2) is 0 Å². The van der Waals surface area contributed by atoms with Crippen molar-refractivity contribution in [2.75, 3.05) is 33.8 Å². The Morgan fingerprint density at radius 1 is 1.39 bits per heavy atom. The molecule has 0 aromatic heterocycles.